The van der Waals surface area contributed by atoms with E-state index in [0.29, 0.717) is 15.6 Å². The third-order valence-corrected chi connectivity index (χ3v) is 3.86. The zero-order chi connectivity index (χ0) is 17.1. The number of hydrogen-bond donors (Lipinski definition) is 2. The summed E-state index contributed by atoms with van der Waals surface area (Å²) in [5.41, 5.74) is 1.11. The van der Waals surface area contributed by atoms with E-state index in [4.69, 9.17) is 23.2 Å². The number of halogens is 2. The molecular formula is C18H12Cl2N2O2. The van der Waals surface area contributed by atoms with E-state index in [9.17, 15) is 9.90 Å². The third kappa shape index (κ3) is 3.67. The van der Waals surface area contributed by atoms with Gasteiger partial charge in [0.2, 0.25) is 5.88 Å². The molecule has 1 aromatic heterocycles. The van der Waals surface area contributed by atoms with E-state index in [1.165, 1.54) is 0 Å². The molecule has 4 nitrogen and oxygen atoms in total. The van der Waals surface area contributed by atoms with Crippen LogP contribution in [0, 0.1) is 0 Å². The Morgan fingerprint density at radius 3 is 2.08 bits per heavy atom. The fourth-order valence-corrected chi connectivity index (χ4v) is 2.44. The maximum Gasteiger partial charge on any atom is 0.262 e. The van der Waals surface area contributed by atoms with Crippen molar-refractivity contribution in [2.75, 3.05) is 0 Å². The number of hydrogen-bond acceptors (Lipinski definition) is 3. The molecule has 24 heavy (non-hydrogen) atoms. The molecule has 0 aliphatic carbocycles. The third-order valence-electron chi connectivity index (χ3n) is 3.36. The van der Waals surface area contributed by atoms with E-state index in [0.717, 1.165) is 5.56 Å². The minimum atomic E-state index is -0.430. The first kappa shape index (κ1) is 16.3. The highest BCUT2D eigenvalue weighted by molar-refractivity contribution is 6.30. The molecule has 6 heteroatoms. The van der Waals surface area contributed by atoms with Crippen molar-refractivity contribution in [2.24, 2.45) is 0 Å². The van der Waals surface area contributed by atoms with E-state index in [-0.39, 0.29) is 17.3 Å². The molecule has 0 saturated heterocycles. The summed E-state index contributed by atoms with van der Waals surface area (Å²) in [6.07, 6.45) is 3.37. The molecule has 0 saturated carbocycles. The monoisotopic (exact) mass is 358 g/mol. The molecule has 0 unspecified atom stereocenters. The lowest BCUT2D eigenvalue weighted by Gasteiger charge is -2.04. The summed E-state index contributed by atoms with van der Waals surface area (Å²) in [4.78, 5) is 18.9. The second kappa shape index (κ2) is 6.91. The molecule has 3 aromatic rings. The van der Waals surface area contributed by atoms with Crippen LogP contribution in [0.25, 0.3) is 23.3 Å². The topological polar surface area (TPSA) is 66.0 Å². The average Bonchev–Trinajstić information content (AvgIpc) is 2.55. The summed E-state index contributed by atoms with van der Waals surface area (Å²) in [6, 6.07) is 13.8. The number of rotatable bonds is 3. The summed E-state index contributed by atoms with van der Waals surface area (Å²) < 4.78 is 0. The highest BCUT2D eigenvalue weighted by Gasteiger charge is 2.12. The largest absolute Gasteiger partial charge is 0.493 e. The molecule has 3 rings (SSSR count). The number of H-pyrrole nitrogens is 1. The Kier molecular flexibility index (Phi) is 4.69. The van der Waals surface area contributed by atoms with Gasteiger partial charge in [-0.05, 0) is 41.5 Å². The summed E-state index contributed by atoms with van der Waals surface area (Å²) in [6.45, 7) is 0. The van der Waals surface area contributed by atoms with E-state index in [2.05, 4.69) is 9.97 Å². The van der Waals surface area contributed by atoms with Crippen LogP contribution >= 0.6 is 23.2 Å². The molecule has 2 aromatic carbocycles. The molecule has 2 N–H and O–H groups in total. The number of aromatic amines is 1. The second-order valence-electron chi connectivity index (χ2n) is 5.04. The van der Waals surface area contributed by atoms with Crippen LogP contribution in [0.5, 0.6) is 5.88 Å². The van der Waals surface area contributed by atoms with E-state index >= 15 is 0 Å². The van der Waals surface area contributed by atoms with Crippen molar-refractivity contribution in [3.63, 3.8) is 0 Å². The Morgan fingerprint density at radius 2 is 1.50 bits per heavy atom. The molecule has 0 spiro atoms. The van der Waals surface area contributed by atoms with Gasteiger partial charge in [0.15, 0.2) is 0 Å². The Morgan fingerprint density at radius 1 is 0.917 bits per heavy atom. The van der Waals surface area contributed by atoms with Gasteiger partial charge in [0.1, 0.15) is 11.4 Å². The number of aromatic nitrogens is 2. The lowest BCUT2D eigenvalue weighted by atomic mass is 10.1. The van der Waals surface area contributed by atoms with Crippen LogP contribution in [0.2, 0.25) is 10.0 Å². The van der Waals surface area contributed by atoms with Gasteiger partial charge < -0.3 is 10.1 Å². The van der Waals surface area contributed by atoms with Gasteiger partial charge in [0.05, 0.1) is 0 Å². The summed E-state index contributed by atoms with van der Waals surface area (Å²) in [5.74, 6) is -0.0815. The van der Waals surface area contributed by atoms with Crippen LogP contribution in [0.15, 0.2) is 53.3 Å². The molecular weight excluding hydrogens is 347 g/mol. The zero-order valence-electron chi connectivity index (χ0n) is 12.3. The van der Waals surface area contributed by atoms with Crippen LogP contribution < -0.4 is 5.56 Å². The summed E-state index contributed by atoms with van der Waals surface area (Å²) >= 11 is 11.7. The van der Waals surface area contributed by atoms with Crippen molar-refractivity contribution in [3.8, 4) is 17.0 Å². The molecule has 0 fully saturated rings. The average molecular weight is 359 g/mol. The van der Waals surface area contributed by atoms with Crippen molar-refractivity contribution in [2.45, 2.75) is 0 Å². The van der Waals surface area contributed by atoms with E-state index in [1.807, 2.05) is 12.1 Å². The molecule has 0 bridgehead atoms. The Labute approximate surface area is 148 Å². The standard InChI is InChI=1S/C18H12Cl2N2O2/c19-13-6-1-11(2-7-13)3-10-15-21-17(23)16(18(24)22-15)12-4-8-14(20)9-5-12/h1-10H,(H2,21,22,23,24)/b10-3-. The second-order valence-corrected chi connectivity index (χ2v) is 5.91. The van der Waals surface area contributed by atoms with Gasteiger partial charge in [0, 0.05) is 10.0 Å². The molecule has 120 valence electrons. The molecule has 1 heterocycles. The quantitative estimate of drug-likeness (QED) is 0.717. The maximum absolute atomic E-state index is 12.3. The summed E-state index contributed by atoms with van der Waals surface area (Å²) in [7, 11) is 0. The van der Waals surface area contributed by atoms with E-state index in [1.54, 1.807) is 48.6 Å². The number of benzene rings is 2. The Balaban J connectivity index is 1.93. The van der Waals surface area contributed by atoms with Gasteiger partial charge in [-0.15, -0.1) is 0 Å². The van der Waals surface area contributed by atoms with Crippen LogP contribution in [-0.4, -0.2) is 15.1 Å². The van der Waals surface area contributed by atoms with Gasteiger partial charge in [-0.2, -0.15) is 4.98 Å². The maximum atomic E-state index is 12.3. The smallest absolute Gasteiger partial charge is 0.262 e. The SMILES string of the molecule is O=c1[nH]c(/C=C\c2ccc(Cl)cc2)nc(O)c1-c1ccc(Cl)cc1. The fourth-order valence-electron chi connectivity index (χ4n) is 2.18. The van der Waals surface area contributed by atoms with Gasteiger partial charge in [-0.3, -0.25) is 4.79 Å². The van der Waals surface area contributed by atoms with Crippen LogP contribution in [0.1, 0.15) is 11.4 Å². The Bertz CT molecular complexity index is 946. The van der Waals surface area contributed by atoms with Crippen LogP contribution in [0.4, 0.5) is 0 Å². The van der Waals surface area contributed by atoms with Crippen molar-refractivity contribution in [3.05, 3.63) is 80.3 Å². The van der Waals surface area contributed by atoms with Crippen molar-refractivity contribution in [1.29, 1.82) is 0 Å². The number of nitrogens with zero attached hydrogens (tertiary/aromatic N) is 1. The fraction of sp³-hybridized carbons (Fsp3) is 0. The van der Waals surface area contributed by atoms with Crippen molar-refractivity contribution < 1.29 is 5.11 Å². The minimum absolute atomic E-state index is 0.107. The van der Waals surface area contributed by atoms with Gasteiger partial charge >= 0.3 is 0 Å². The lowest BCUT2D eigenvalue weighted by Crippen LogP contribution is -2.12. The minimum Gasteiger partial charge on any atom is -0.493 e. The van der Waals surface area contributed by atoms with Crippen molar-refractivity contribution in [1.82, 2.24) is 9.97 Å². The van der Waals surface area contributed by atoms with Crippen LogP contribution in [-0.2, 0) is 0 Å². The predicted molar refractivity (Wildman–Crippen MR) is 97.3 cm³/mol. The zero-order valence-corrected chi connectivity index (χ0v) is 13.8. The predicted octanol–water partition coefficient (Wildman–Crippen LogP) is 4.62. The highest BCUT2D eigenvalue weighted by atomic mass is 35.5. The van der Waals surface area contributed by atoms with Gasteiger partial charge in [0.25, 0.3) is 5.56 Å². The number of nitrogens with one attached hydrogen (secondary N) is 1. The lowest BCUT2D eigenvalue weighted by molar-refractivity contribution is 0.453. The molecule has 0 atom stereocenters. The number of aromatic hydroxyl groups is 1. The summed E-state index contributed by atoms with van der Waals surface area (Å²) in [5, 5.41) is 11.3. The van der Waals surface area contributed by atoms with Crippen LogP contribution in [0.3, 0.4) is 0 Å². The molecule has 0 aliphatic rings. The first-order chi connectivity index (χ1) is 11.5. The van der Waals surface area contributed by atoms with Gasteiger partial charge in [-0.1, -0.05) is 53.5 Å². The van der Waals surface area contributed by atoms with Crippen molar-refractivity contribution >= 4 is 35.4 Å². The highest BCUT2D eigenvalue weighted by Crippen LogP contribution is 2.25. The first-order valence-electron chi connectivity index (χ1n) is 7.06. The Hall–Kier alpha value is -2.56. The van der Waals surface area contributed by atoms with E-state index < -0.39 is 5.56 Å². The molecule has 0 amide bonds. The normalized spacial score (nSPS) is 11.1. The molecule has 0 radical (unpaired) electrons. The molecule has 0 aliphatic heterocycles. The van der Waals surface area contributed by atoms with Gasteiger partial charge in [-0.25, -0.2) is 0 Å². The first-order valence-corrected chi connectivity index (χ1v) is 7.81.